The van der Waals surface area contributed by atoms with E-state index in [1.54, 1.807) is 4.90 Å². The van der Waals surface area contributed by atoms with Crippen LogP contribution in [0, 0.1) is 28.6 Å². The first-order chi connectivity index (χ1) is 9.72. The number of nitrogens with one attached hydrogen (secondary N) is 1. The zero-order valence-corrected chi connectivity index (χ0v) is 11.8. The first-order valence-electron chi connectivity index (χ1n) is 7.50. The van der Waals surface area contributed by atoms with Gasteiger partial charge in [-0.1, -0.05) is 0 Å². The number of nitrogens with zero attached hydrogens (tertiary/aromatic N) is 3. The highest BCUT2D eigenvalue weighted by atomic mass is 16.2. The normalized spacial score (nSPS) is 27.6. The standard InChI is InChI=1S/C15H22N4O/c16-5-1-7-19(8-2-6-17)15(20)11-12-9-13-3-4-14(10-12)18-13/h12-14,18H,1-4,7-11H2. The summed E-state index contributed by atoms with van der Waals surface area (Å²) in [4.78, 5) is 14.0. The van der Waals surface area contributed by atoms with E-state index in [1.165, 1.54) is 12.8 Å². The number of amides is 1. The number of rotatable bonds is 6. The maximum Gasteiger partial charge on any atom is 0.222 e. The maximum absolute atomic E-state index is 12.3. The highest BCUT2D eigenvalue weighted by Crippen LogP contribution is 2.32. The second-order valence-corrected chi connectivity index (χ2v) is 5.88. The van der Waals surface area contributed by atoms with Crippen molar-refractivity contribution in [3.05, 3.63) is 0 Å². The number of hydrogen-bond donors (Lipinski definition) is 1. The molecule has 108 valence electrons. The number of piperidine rings is 1. The Balaban J connectivity index is 1.84. The van der Waals surface area contributed by atoms with Gasteiger partial charge in [-0.3, -0.25) is 4.79 Å². The quantitative estimate of drug-likeness (QED) is 0.797. The van der Waals surface area contributed by atoms with Gasteiger partial charge in [0.1, 0.15) is 0 Å². The van der Waals surface area contributed by atoms with Crippen LogP contribution in [-0.2, 0) is 4.79 Å². The van der Waals surface area contributed by atoms with Gasteiger partial charge in [-0.15, -0.1) is 0 Å². The number of carbonyl (C=O) groups excluding carboxylic acids is 1. The van der Waals surface area contributed by atoms with E-state index < -0.39 is 0 Å². The van der Waals surface area contributed by atoms with Crippen LogP contribution in [0.1, 0.15) is 44.9 Å². The Kier molecular flexibility index (Phi) is 5.38. The fourth-order valence-electron chi connectivity index (χ4n) is 3.45. The van der Waals surface area contributed by atoms with Crippen LogP contribution in [0.2, 0.25) is 0 Å². The van der Waals surface area contributed by atoms with Crippen molar-refractivity contribution in [3.8, 4) is 12.1 Å². The van der Waals surface area contributed by atoms with Crippen LogP contribution >= 0.6 is 0 Å². The number of carbonyl (C=O) groups is 1. The van der Waals surface area contributed by atoms with Crippen LogP contribution in [0.25, 0.3) is 0 Å². The Morgan fingerprint density at radius 2 is 1.65 bits per heavy atom. The van der Waals surface area contributed by atoms with Gasteiger partial charge in [0.15, 0.2) is 0 Å². The summed E-state index contributed by atoms with van der Waals surface area (Å²) in [6.07, 6.45) is 5.91. The minimum absolute atomic E-state index is 0.113. The minimum Gasteiger partial charge on any atom is -0.341 e. The molecule has 20 heavy (non-hydrogen) atoms. The van der Waals surface area contributed by atoms with Gasteiger partial charge in [-0.25, -0.2) is 0 Å². The Labute approximate surface area is 120 Å². The lowest BCUT2D eigenvalue weighted by Gasteiger charge is -2.30. The summed E-state index contributed by atoms with van der Waals surface area (Å²) in [7, 11) is 0. The third-order valence-electron chi connectivity index (χ3n) is 4.37. The monoisotopic (exact) mass is 274 g/mol. The molecule has 0 spiro atoms. The Hall–Kier alpha value is -1.59. The molecule has 0 aromatic carbocycles. The van der Waals surface area contributed by atoms with Crippen molar-refractivity contribution in [1.82, 2.24) is 10.2 Å². The SMILES string of the molecule is N#CCCN(CCC#N)C(=O)CC1CC2CCC(C1)N2. The molecule has 2 atom stereocenters. The molecule has 0 aliphatic carbocycles. The van der Waals surface area contributed by atoms with Crippen molar-refractivity contribution in [2.45, 2.75) is 57.0 Å². The molecule has 2 rings (SSSR count). The van der Waals surface area contributed by atoms with Crippen LogP contribution in [0.5, 0.6) is 0 Å². The number of hydrogen-bond acceptors (Lipinski definition) is 4. The largest absolute Gasteiger partial charge is 0.341 e. The van der Waals surface area contributed by atoms with Gasteiger partial charge in [-0.05, 0) is 31.6 Å². The van der Waals surface area contributed by atoms with Crippen molar-refractivity contribution < 1.29 is 4.79 Å². The van der Waals surface area contributed by atoms with Gasteiger partial charge in [0.2, 0.25) is 5.91 Å². The third kappa shape index (κ3) is 3.95. The number of fused-ring (bicyclic) bond motifs is 2. The van der Waals surface area contributed by atoms with Crippen molar-refractivity contribution >= 4 is 5.91 Å². The molecule has 0 radical (unpaired) electrons. The zero-order chi connectivity index (χ0) is 14.4. The summed E-state index contributed by atoms with van der Waals surface area (Å²) < 4.78 is 0. The highest BCUT2D eigenvalue weighted by Gasteiger charge is 2.34. The molecule has 1 N–H and O–H groups in total. The van der Waals surface area contributed by atoms with Gasteiger partial charge in [0, 0.05) is 31.6 Å². The van der Waals surface area contributed by atoms with Gasteiger partial charge >= 0.3 is 0 Å². The summed E-state index contributed by atoms with van der Waals surface area (Å²) in [6, 6.07) is 5.33. The van der Waals surface area contributed by atoms with Crippen LogP contribution in [0.15, 0.2) is 0 Å². The molecular weight excluding hydrogens is 252 g/mol. The first kappa shape index (κ1) is 14.8. The summed E-state index contributed by atoms with van der Waals surface area (Å²) in [6.45, 7) is 0.906. The fraction of sp³-hybridized carbons (Fsp3) is 0.800. The predicted octanol–water partition coefficient (Wildman–Crippen LogP) is 1.56. The third-order valence-corrected chi connectivity index (χ3v) is 4.37. The Morgan fingerprint density at radius 3 is 2.15 bits per heavy atom. The molecule has 0 aromatic heterocycles. The van der Waals surface area contributed by atoms with E-state index in [4.69, 9.17) is 10.5 Å². The second kappa shape index (κ2) is 7.26. The second-order valence-electron chi connectivity index (χ2n) is 5.88. The molecule has 2 heterocycles. The van der Waals surface area contributed by atoms with Crippen molar-refractivity contribution in [3.63, 3.8) is 0 Å². The van der Waals surface area contributed by atoms with Gasteiger partial charge in [0.25, 0.3) is 0 Å². The van der Waals surface area contributed by atoms with Crippen LogP contribution < -0.4 is 5.32 Å². The average Bonchev–Trinajstić information content (AvgIpc) is 2.78. The smallest absolute Gasteiger partial charge is 0.222 e. The zero-order valence-electron chi connectivity index (χ0n) is 11.8. The van der Waals surface area contributed by atoms with E-state index in [1.807, 2.05) is 0 Å². The van der Waals surface area contributed by atoms with Gasteiger partial charge in [0.05, 0.1) is 25.0 Å². The van der Waals surface area contributed by atoms with Crippen LogP contribution in [0.4, 0.5) is 0 Å². The van der Waals surface area contributed by atoms with E-state index in [-0.39, 0.29) is 5.91 Å². The van der Waals surface area contributed by atoms with Gasteiger partial charge in [-0.2, -0.15) is 10.5 Å². The molecule has 0 saturated carbocycles. The lowest BCUT2D eigenvalue weighted by atomic mass is 9.89. The molecule has 2 saturated heterocycles. The van der Waals surface area contributed by atoms with Crippen molar-refractivity contribution in [1.29, 1.82) is 10.5 Å². The van der Waals surface area contributed by atoms with Gasteiger partial charge < -0.3 is 10.2 Å². The summed E-state index contributed by atoms with van der Waals surface area (Å²) in [5.74, 6) is 0.578. The molecule has 5 nitrogen and oxygen atoms in total. The summed E-state index contributed by atoms with van der Waals surface area (Å²) >= 11 is 0. The van der Waals surface area contributed by atoms with Crippen molar-refractivity contribution in [2.75, 3.05) is 13.1 Å². The minimum atomic E-state index is 0.113. The van der Waals surface area contributed by atoms with E-state index in [2.05, 4.69) is 17.5 Å². The molecular formula is C15H22N4O. The first-order valence-corrected chi connectivity index (χ1v) is 7.50. The molecule has 5 heteroatoms. The lowest BCUT2D eigenvalue weighted by Crippen LogP contribution is -2.41. The molecule has 2 bridgehead atoms. The Bertz CT molecular complexity index is 393. The molecule has 2 aliphatic heterocycles. The van der Waals surface area contributed by atoms with E-state index in [0.29, 0.717) is 50.4 Å². The lowest BCUT2D eigenvalue weighted by molar-refractivity contribution is -0.132. The molecule has 0 aromatic rings. The summed E-state index contributed by atoms with van der Waals surface area (Å²) in [5, 5.41) is 20.9. The molecule has 2 aliphatic rings. The van der Waals surface area contributed by atoms with Crippen LogP contribution in [-0.4, -0.2) is 36.0 Å². The predicted molar refractivity (Wildman–Crippen MR) is 74.3 cm³/mol. The Morgan fingerprint density at radius 1 is 1.10 bits per heavy atom. The van der Waals surface area contributed by atoms with E-state index in [0.717, 1.165) is 12.8 Å². The number of nitriles is 2. The maximum atomic E-state index is 12.3. The average molecular weight is 274 g/mol. The molecule has 1 amide bonds. The van der Waals surface area contributed by atoms with E-state index in [9.17, 15) is 4.79 Å². The topological polar surface area (TPSA) is 79.9 Å². The molecule has 2 unspecified atom stereocenters. The van der Waals surface area contributed by atoms with Crippen molar-refractivity contribution in [2.24, 2.45) is 5.92 Å². The highest BCUT2D eigenvalue weighted by molar-refractivity contribution is 5.76. The molecule has 2 fully saturated rings. The van der Waals surface area contributed by atoms with Crippen LogP contribution in [0.3, 0.4) is 0 Å². The van der Waals surface area contributed by atoms with E-state index >= 15 is 0 Å². The summed E-state index contributed by atoms with van der Waals surface area (Å²) in [5.41, 5.74) is 0. The fourth-order valence-corrected chi connectivity index (χ4v) is 3.45.